The normalized spacial score (nSPS) is 18.3. The highest BCUT2D eigenvalue weighted by Crippen LogP contribution is 2.31. The zero-order valence-electron chi connectivity index (χ0n) is 13.2. The van der Waals surface area contributed by atoms with Gasteiger partial charge in [-0.25, -0.2) is 8.42 Å². The lowest BCUT2D eigenvalue weighted by molar-refractivity contribution is -0.137. The molecular formula is C17H17F3N2O2S. The molecule has 1 saturated heterocycles. The minimum absolute atomic E-state index is 0.312. The standard InChI is InChI=1S/C17H17F3N2O2S/c18-17(19,20)14-2-1-3-16(10-14)25(23,24)22-15-6-4-12(5-7-15)13-8-9-21-11-13/h1-7,10,13,21-22H,8-9,11H2/t13-/m1/s1. The Kier molecular flexibility index (Phi) is 4.75. The van der Waals surface area contributed by atoms with Gasteiger partial charge < -0.3 is 5.32 Å². The molecule has 1 atom stereocenters. The molecule has 1 aliphatic rings. The number of rotatable bonds is 4. The highest BCUT2D eigenvalue weighted by atomic mass is 32.2. The predicted molar refractivity (Wildman–Crippen MR) is 88.9 cm³/mol. The van der Waals surface area contributed by atoms with Gasteiger partial charge in [0.05, 0.1) is 10.5 Å². The fourth-order valence-electron chi connectivity index (χ4n) is 2.82. The Labute approximate surface area is 144 Å². The first kappa shape index (κ1) is 17.8. The Balaban J connectivity index is 1.79. The zero-order valence-corrected chi connectivity index (χ0v) is 14.0. The summed E-state index contributed by atoms with van der Waals surface area (Å²) in [7, 11) is -4.09. The second kappa shape index (κ2) is 6.68. The summed E-state index contributed by atoms with van der Waals surface area (Å²) in [6.07, 6.45) is -3.57. The quantitative estimate of drug-likeness (QED) is 0.865. The van der Waals surface area contributed by atoms with Crippen molar-refractivity contribution in [2.45, 2.75) is 23.4 Å². The van der Waals surface area contributed by atoms with Gasteiger partial charge in [-0.2, -0.15) is 13.2 Å². The first-order chi connectivity index (χ1) is 11.8. The summed E-state index contributed by atoms with van der Waals surface area (Å²) in [4.78, 5) is -0.425. The number of benzene rings is 2. The molecule has 0 radical (unpaired) electrons. The summed E-state index contributed by atoms with van der Waals surface area (Å²) in [6, 6.07) is 10.6. The average molecular weight is 370 g/mol. The molecule has 0 aromatic heterocycles. The van der Waals surface area contributed by atoms with E-state index in [0.29, 0.717) is 17.7 Å². The molecule has 0 bridgehead atoms. The van der Waals surface area contributed by atoms with Gasteiger partial charge in [-0.1, -0.05) is 18.2 Å². The van der Waals surface area contributed by atoms with Crippen LogP contribution >= 0.6 is 0 Å². The van der Waals surface area contributed by atoms with E-state index in [4.69, 9.17) is 0 Å². The highest BCUT2D eigenvalue weighted by Gasteiger charge is 2.31. The monoisotopic (exact) mass is 370 g/mol. The summed E-state index contributed by atoms with van der Waals surface area (Å²) in [5.74, 6) is 0.397. The van der Waals surface area contributed by atoms with Gasteiger partial charge in [0.25, 0.3) is 10.0 Å². The third-order valence-electron chi connectivity index (χ3n) is 4.17. The molecule has 1 fully saturated rings. The molecule has 4 nitrogen and oxygen atoms in total. The lowest BCUT2D eigenvalue weighted by atomic mass is 9.98. The van der Waals surface area contributed by atoms with Gasteiger partial charge in [0.15, 0.2) is 0 Å². The van der Waals surface area contributed by atoms with Crippen LogP contribution in [0.5, 0.6) is 0 Å². The SMILES string of the molecule is O=S(=O)(Nc1ccc([C@@H]2CCNC2)cc1)c1cccc(C(F)(F)F)c1. The van der Waals surface area contributed by atoms with Crippen LogP contribution in [-0.4, -0.2) is 21.5 Å². The fraction of sp³-hybridized carbons (Fsp3) is 0.294. The molecule has 2 aromatic carbocycles. The van der Waals surface area contributed by atoms with E-state index in [1.807, 2.05) is 12.1 Å². The van der Waals surface area contributed by atoms with Crippen molar-refractivity contribution in [1.29, 1.82) is 0 Å². The van der Waals surface area contributed by atoms with E-state index < -0.39 is 26.7 Å². The Morgan fingerprint density at radius 3 is 2.40 bits per heavy atom. The van der Waals surface area contributed by atoms with Gasteiger partial charge in [-0.15, -0.1) is 0 Å². The number of alkyl halides is 3. The van der Waals surface area contributed by atoms with Crippen LogP contribution in [0.4, 0.5) is 18.9 Å². The molecule has 8 heteroatoms. The Morgan fingerprint density at radius 1 is 1.08 bits per heavy atom. The maximum atomic E-state index is 12.8. The van der Waals surface area contributed by atoms with Crippen molar-refractivity contribution in [3.63, 3.8) is 0 Å². The molecule has 0 unspecified atom stereocenters. The first-order valence-electron chi connectivity index (χ1n) is 7.76. The maximum Gasteiger partial charge on any atom is 0.416 e. The summed E-state index contributed by atoms with van der Waals surface area (Å²) in [5.41, 5.74) is 0.415. The van der Waals surface area contributed by atoms with Crippen LogP contribution < -0.4 is 10.0 Å². The van der Waals surface area contributed by atoms with Crippen molar-refractivity contribution in [1.82, 2.24) is 5.32 Å². The van der Waals surface area contributed by atoms with E-state index in [2.05, 4.69) is 10.0 Å². The fourth-order valence-corrected chi connectivity index (χ4v) is 3.92. The van der Waals surface area contributed by atoms with E-state index in [1.165, 1.54) is 0 Å². The summed E-state index contributed by atoms with van der Waals surface area (Å²) < 4.78 is 65.3. The molecular weight excluding hydrogens is 353 g/mol. The number of halogens is 3. The van der Waals surface area contributed by atoms with E-state index in [-0.39, 0.29) is 0 Å². The van der Waals surface area contributed by atoms with Crippen LogP contribution in [0.15, 0.2) is 53.4 Å². The second-order valence-electron chi connectivity index (χ2n) is 5.94. The minimum atomic E-state index is -4.59. The molecule has 0 saturated carbocycles. The van der Waals surface area contributed by atoms with Crippen LogP contribution in [0.2, 0.25) is 0 Å². The van der Waals surface area contributed by atoms with Crippen molar-refractivity contribution < 1.29 is 21.6 Å². The van der Waals surface area contributed by atoms with Crippen LogP contribution in [0.3, 0.4) is 0 Å². The van der Waals surface area contributed by atoms with Crippen molar-refractivity contribution in [2.75, 3.05) is 17.8 Å². The average Bonchev–Trinajstić information content (AvgIpc) is 3.09. The molecule has 2 N–H and O–H groups in total. The molecule has 2 aromatic rings. The van der Waals surface area contributed by atoms with E-state index in [0.717, 1.165) is 43.3 Å². The highest BCUT2D eigenvalue weighted by molar-refractivity contribution is 7.92. The van der Waals surface area contributed by atoms with E-state index >= 15 is 0 Å². The van der Waals surface area contributed by atoms with Crippen molar-refractivity contribution in [3.8, 4) is 0 Å². The van der Waals surface area contributed by atoms with Gasteiger partial charge in [-0.3, -0.25) is 4.72 Å². The van der Waals surface area contributed by atoms with Crippen LogP contribution in [-0.2, 0) is 16.2 Å². The zero-order chi connectivity index (χ0) is 18.1. The third-order valence-corrected chi connectivity index (χ3v) is 5.55. The Bertz CT molecular complexity index is 843. The van der Waals surface area contributed by atoms with Gasteiger partial charge in [0.1, 0.15) is 0 Å². The molecule has 3 rings (SSSR count). The van der Waals surface area contributed by atoms with Crippen LogP contribution in [0, 0.1) is 0 Å². The molecule has 1 aliphatic heterocycles. The van der Waals surface area contributed by atoms with E-state index in [1.54, 1.807) is 12.1 Å². The molecule has 25 heavy (non-hydrogen) atoms. The third kappa shape index (κ3) is 4.13. The van der Waals surface area contributed by atoms with Crippen LogP contribution in [0.1, 0.15) is 23.5 Å². The lowest BCUT2D eigenvalue weighted by Crippen LogP contribution is -2.14. The number of hydrogen-bond donors (Lipinski definition) is 2. The number of hydrogen-bond acceptors (Lipinski definition) is 3. The molecule has 0 aliphatic carbocycles. The van der Waals surface area contributed by atoms with Crippen molar-refractivity contribution in [2.24, 2.45) is 0 Å². The van der Waals surface area contributed by atoms with E-state index in [9.17, 15) is 21.6 Å². The smallest absolute Gasteiger partial charge is 0.316 e. The molecule has 0 amide bonds. The number of sulfonamides is 1. The largest absolute Gasteiger partial charge is 0.416 e. The number of nitrogens with one attached hydrogen (secondary N) is 2. The van der Waals surface area contributed by atoms with Crippen molar-refractivity contribution >= 4 is 15.7 Å². The maximum absolute atomic E-state index is 12.8. The summed E-state index contributed by atoms with van der Waals surface area (Å²) in [6.45, 7) is 1.84. The number of anilines is 1. The minimum Gasteiger partial charge on any atom is -0.316 e. The molecule has 134 valence electrons. The molecule has 1 heterocycles. The topological polar surface area (TPSA) is 58.2 Å². The summed E-state index contributed by atoms with van der Waals surface area (Å²) in [5, 5.41) is 3.26. The van der Waals surface area contributed by atoms with Gasteiger partial charge >= 0.3 is 6.18 Å². The predicted octanol–water partition coefficient (Wildman–Crippen LogP) is 3.58. The van der Waals surface area contributed by atoms with Crippen molar-refractivity contribution in [3.05, 3.63) is 59.7 Å². The Hall–Kier alpha value is -2.06. The first-order valence-corrected chi connectivity index (χ1v) is 9.25. The summed E-state index contributed by atoms with van der Waals surface area (Å²) >= 11 is 0. The van der Waals surface area contributed by atoms with Gasteiger partial charge in [-0.05, 0) is 54.8 Å². The second-order valence-corrected chi connectivity index (χ2v) is 7.63. The van der Waals surface area contributed by atoms with Gasteiger partial charge in [0, 0.05) is 12.2 Å². The van der Waals surface area contributed by atoms with Crippen LogP contribution in [0.25, 0.3) is 0 Å². The molecule has 0 spiro atoms. The Morgan fingerprint density at radius 2 is 1.80 bits per heavy atom. The van der Waals surface area contributed by atoms with Gasteiger partial charge in [0.2, 0.25) is 0 Å². The lowest BCUT2D eigenvalue weighted by Gasteiger charge is -2.13.